The van der Waals surface area contributed by atoms with Crippen LogP contribution in [0.5, 0.6) is 0 Å². The number of carbonyl (C=O) groups is 1. The van der Waals surface area contributed by atoms with Gasteiger partial charge in [-0.15, -0.1) is 0 Å². The topological polar surface area (TPSA) is 54.0 Å². The molecule has 1 rings (SSSR count). The molecule has 0 amide bonds. The van der Waals surface area contributed by atoms with Crippen molar-refractivity contribution in [2.24, 2.45) is 0 Å². The highest BCUT2D eigenvalue weighted by molar-refractivity contribution is 5.89. The van der Waals surface area contributed by atoms with Gasteiger partial charge in [0.2, 0.25) is 6.29 Å². The van der Waals surface area contributed by atoms with Gasteiger partial charge in [-0.1, -0.05) is 13.3 Å². The molecular formula is C13H22O5. The van der Waals surface area contributed by atoms with Gasteiger partial charge in [-0.25, -0.2) is 4.79 Å². The minimum Gasteiger partial charge on any atom is -0.469 e. The van der Waals surface area contributed by atoms with Crippen molar-refractivity contribution in [2.45, 2.75) is 39.4 Å². The Hall–Kier alpha value is -1.07. The standard InChI is InChI=1S/C13H22O5/c1-4-5-6-16-12-9-11(10(2)18-12)13(14)17-8-7-15-3/h12H,4-9H2,1-3H3. The Balaban J connectivity index is 2.33. The molecule has 0 saturated heterocycles. The van der Waals surface area contributed by atoms with Gasteiger partial charge in [0.05, 0.1) is 18.8 Å². The fourth-order valence-electron chi connectivity index (χ4n) is 1.60. The number of ether oxygens (including phenoxy) is 4. The molecule has 1 heterocycles. The summed E-state index contributed by atoms with van der Waals surface area (Å²) in [5, 5.41) is 0. The molecule has 0 aromatic rings. The summed E-state index contributed by atoms with van der Waals surface area (Å²) in [6.45, 7) is 5.17. The Morgan fingerprint density at radius 2 is 2.17 bits per heavy atom. The van der Waals surface area contributed by atoms with Crippen LogP contribution in [0.4, 0.5) is 0 Å². The predicted molar refractivity (Wildman–Crippen MR) is 65.9 cm³/mol. The van der Waals surface area contributed by atoms with Gasteiger partial charge in [-0.05, 0) is 13.3 Å². The summed E-state index contributed by atoms with van der Waals surface area (Å²) in [6.07, 6.45) is 2.18. The second kappa shape index (κ2) is 8.11. The fraction of sp³-hybridized carbons (Fsp3) is 0.769. The van der Waals surface area contributed by atoms with Gasteiger partial charge in [0.25, 0.3) is 0 Å². The second-order valence-electron chi connectivity index (χ2n) is 4.14. The molecule has 5 nitrogen and oxygen atoms in total. The lowest BCUT2D eigenvalue weighted by Crippen LogP contribution is -2.15. The van der Waals surface area contributed by atoms with Crippen molar-refractivity contribution in [3.63, 3.8) is 0 Å². The van der Waals surface area contributed by atoms with Gasteiger partial charge >= 0.3 is 5.97 Å². The van der Waals surface area contributed by atoms with Gasteiger partial charge in [-0.3, -0.25) is 0 Å². The highest BCUT2D eigenvalue weighted by Crippen LogP contribution is 2.26. The molecule has 5 heteroatoms. The van der Waals surface area contributed by atoms with E-state index >= 15 is 0 Å². The summed E-state index contributed by atoms with van der Waals surface area (Å²) in [7, 11) is 1.56. The van der Waals surface area contributed by atoms with Gasteiger partial charge in [0, 0.05) is 13.5 Å². The Kier molecular flexibility index (Phi) is 6.75. The van der Waals surface area contributed by atoms with Crippen molar-refractivity contribution in [1.29, 1.82) is 0 Å². The normalized spacial score (nSPS) is 18.9. The van der Waals surface area contributed by atoms with E-state index in [0.29, 0.717) is 31.0 Å². The third-order valence-corrected chi connectivity index (χ3v) is 2.67. The first-order valence-corrected chi connectivity index (χ1v) is 6.33. The monoisotopic (exact) mass is 258 g/mol. The molecule has 0 radical (unpaired) electrons. The Morgan fingerprint density at radius 3 is 2.83 bits per heavy atom. The third-order valence-electron chi connectivity index (χ3n) is 2.67. The quantitative estimate of drug-likeness (QED) is 0.492. The number of carbonyl (C=O) groups excluding carboxylic acids is 1. The van der Waals surface area contributed by atoms with E-state index in [1.54, 1.807) is 14.0 Å². The summed E-state index contributed by atoms with van der Waals surface area (Å²) in [5.41, 5.74) is 0.563. The van der Waals surface area contributed by atoms with E-state index in [1.807, 2.05) is 0 Å². The van der Waals surface area contributed by atoms with Crippen molar-refractivity contribution in [2.75, 3.05) is 26.9 Å². The van der Waals surface area contributed by atoms with E-state index in [0.717, 1.165) is 12.8 Å². The highest BCUT2D eigenvalue weighted by Gasteiger charge is 2.29. The maximum Gasteiger partial charge on any atom is 0.337 e. The van der Waals surface area contributed by atoms with Crippen molar-refractivity contribution < 1.29 is 23.7 Å². The van der Waals surface area contributed by atoms with Gasteiger partial charge in [-0.2, -0.15) is 0 Å². The third kappa shape index (κ3) is 4.66. The maximum atomic E-state index is 11.7. The van der Waals surface area contributed by atoms with E-state index < -0.39 is 0 Å². The van der Waals surface area contributed by atoms with Crippen LogP contribution in [0.2, 0.25) is 0 Å². The summed E-state index contributed by atoms with van der Waals surface area (Å²) in [6, 6.07) is 0. The van der Waals surface area contributed by atoms with Crippen LogP contribution in [0, 0.1) is 0 Å². The lowest BCUT2D eigenvalue weighted by molar-refractivity contribution is -0.140. The van der Waals surface area contributed by atoms with Gasteiger partial charge < -0.3 is 18.9 Å². The Bertz CT molecular complexity index is 298. The highest BCUT2D eigenvalue weighted by atomic mass is 16.7. The number of allylic oxidation sites excluding steroid dienone is 1. The van der Waals surface area contributed by atoms with Crippen LogP contribution < -0.4 is 0 Å². The predicted octanol–water partition coefficient (Wildman–Crippen LogP) is 2.01. The number of hydrogen-bond donors (Lipinski definition) is 0. The van der Waals surface area contributed by atoms with E-state index in [2.05, 4.69) is 6.92 Å². The van der Waals surface area contributed by atoms with Gasteiger partial charge in [0.1, 0.15) is 12.4 Å². The molecule has 104 valence electrons. The molecule has 0 aromatic carbocycles. The van der Waals surface area contributed by atoms with Crippen LogP contribution in [0.15, 0.2) is 11.3 Å². The second-order valence-corrected chi connectivity index (χ2v) is 4.14. The Labute approximate surface area is 108 Å². The molecule has 1 aliphatic heterocycles. The van der Waals surface area contributed by atoms with E-state index in [1.165, 1.54) is 0 Å². The number of unbranched alkanes of at least 4 members (excludes halogenated alkanes) is 1. The summed E-state index contributed by atoms with van der Waals surface area (Å²) in [4.78, 5) is 11.7. The fourth-order valence-corrected chi connectivity index (χ4v) is 1.60. The molecule has 1 unspecified atom stereocenters. The number of rotatable bonds is 8. The van der Waals surface area contributed by atoms with Crippen molar-refractivity contribution >= 4 is 5.97 Å². The molecule has 0 spiro atoms. The Morgan fingerprint density at radius 1 is 1.39 bits per heavy atom. The van der Waals surface area contributed by atoms with Crippen molar-refractivity contribution in [3.8, 4) is 0 Å². The lowest BCUT2D eigenvalue weighted by atomic mass is 10.2. The summed E-state index contributed by atoms with van der Waals surface area (Å²) >= 11 is 0. The van der Waals surface area contributed by atoms with E-state index in [4.69, 9.17) is 18.9 Å². The molecule has 0 N–H and O–H groups in total. The number of hydrogen-bond acceptors (Lipinski definition) is 5. The van der Waals surface area contributed by atoms with Crippen LogP contribution in [0.1, 0.15) is 33.1 Å². The zero-order valence-electron chi connectivity index (χ0n) is 11.4. The van der Waals surface area contributed by atoms with E-state index in [-0.39, 0.29) is 18.9 Å². The average Bonchev–Trinajstić information content (AvgIpc) is 2.71. The molecule has 0 aromatic heterocycles. The van der Waals surface area contributed by atoms with Crippen molar-refractivity contribution in [1.82, 2.24) is 0 Å². The first-order chi connectivity index (χ1) is 8.69. The average molecular weight is 258 g/mol. The minimum atomic E-state index is -0.346. The molecular weight excluding hydrogens is 236 g/mol. The van der Waals surface area contributed by atoms with Crippen LogP contribution >= 0.6 is 0 Å². The van der Waals surface area contributed by atoms with Crippen LogP contribution in [0.3, 0.4) is 0 Å². The van der Waals surface area contributed by atoms with Crippen LogP contribution in [0.25, 0.3) is 0 Å². The minimum absolute atomic E-state index is 0.257. The maximum absolute atomic E-state index is 11.7. The lowest BCUT2D eigenvalue weighted by Gasteiger charge is -2.12. The zero-order valence-corrected chi connectivity index (χ0v) is 11.4. The first kappa shape index (κ1) is 15.0. The number of esters is 1. The van der Waals surface area contributed by atoms with Crippen LogP contribution in [-0.2, 0) is 23.7 Å². The first-order valence-electron chi connectivity index (χ1n) is 6.33. The molecule has 0 bridgehead atoms. The van der Waals surface area contributed by atoms with Crippen LogP contribution in [-0.4, -0.2) is 39.2 Å². The zero-order chi connectivity index (χ0) is 13.4. The molecule has 0 fully saturated rings. The number of methoxy groups -OCH3 is 1. The molecule has 18 heavy (non-hydrogen) atoms. The SMILES string of the molecule is CCCCOC1CC(C(=O)OCCOC)=C(C)O1. The van der Waals surface area contributed by atoms with E-state index in [9.17, 15) is 4.79 Å². The van der Waals surface area contributed by atoms with Gasteiger partial charge in [0.15, 0.2) is 0 Å². The molecule has 0 aliphatic carbocycles. The smallest absolute Gasteiger partial charge is 0.337 e. The summed E-state index contributed by atoms with van der Waals surface area (Å²) < 4.78 is 20.9. The summed E-state index contributed by atoms with van der Waals surface area (Å²) in [5.74, 6) is 0.255. The van der Waals surface area contributed by atoms with Crippen molar-refractivity contribution in [3.05, 3.63) is 11.3 Å². The largest absolute Gasteiger partial charge is 0.469 e. The molecule has 0 saturated carbocycles. The molecule has 1 atom stereocenters. The molecule has 1 aliphatic rings.